The van der Waals surface area contributed by atoms with Gasteiger partial charge in [0.2, 0.25) is 0 Å². The van der Waals surface area contributed by atoms with E-state index in [1.807, 2.05) is 0 Å². The van der Waals surface area contributed by atoms with Crippen LogP contribution in [-0.4, -0.2) is 112 Å². The summed E-state index contributed by atoms with van der Waals surface area (Å²) in [5, 5.41) is 52.9. The van der Waals surface area contributed by atoms with Gasteiger partial charge in [0.05, 0.1) is 46.5 Å². The molecule has 444 valence electrons. The van der Waals surface area contributed by atoms with E-state index in [1.165, 1.54) is 36.4 Å². The molecule has 0 unspecified atom stereocenters. The molecule has 0 heterocycles. The van der Waals surface area contributed by atoms with Gasteiger partial charge in [-0.15, -0.1) is 10.2 Å². The van der Waals surface area contributed by atoms with Gasteiger partial charge in [-0.05, 0) is 169 Å². The Hall–Kier alpha value is -9.92. The Morgan fingerprint density at radius 1 is 0.416 bits per heavy atom. The first-order chi connectivity index (χ1) is 42.1. The van der Waals surface area contributed by atoms with Crippen molar-refractivity contribution in [1.29, 1.82) is 0 Å². The topological polar surface area (TPSA) is 339 Å². The number of azo groups is 2. The zero-order chi connectivity index (χ0) is 62.9. The van der Waals surface area contributed by atoms with Crippen LogP contribution in [0.15, 0.2) is 224 Å². The number of rotatable bonds is 16. The molecule has 89 heavy (non-hydrogen) atoms. The van der Waals surface area contributed by atoms with E-state index in [9.17, 15) is 55.3 Å². The van der Waals surface area contributed by atoms with E-state index in [2.05, 4.69) is 41.7 Å². The molecule has 0 aliphatic rings. The number of methoxy groups -OCH3 is 2. The van der Waals surface area contributed by atoms with Crippen molar-refractivity contribution in [3.8, 4) is 23.0 Å². The number of amides is 4. The smallest absolute Gasteiger partial charge is 0.744 e. The predicted octanol–water partition coefficient (Wildman–Crippen LogP) is 13.0. The fourth-order valence-electron chi connectivity index (χ4n) is 8.67. The van der Waals surface area contributed by atoms with E-state index in [4.69, 9.17) is 9.47 Å². The summed E-state index contributed by atoms with van der Waals surface area (Å²) < 4.78 is 77.3. The molecule has 10 aromatic carbocycles. The molecule has 0 spiro atoms. The average molecular weight is 1260 g/mol. The van der Waals surface area contributed by atoms with Crippen molar-refractivity contribution in [3.05, 3.63) is 228 Å². The summed E-state index contributed by atoms with van der Waals surface area (Å²) in [5.74, 6) is -1.60. The van der Waals surface area contributed by atoms with Crippen molar-refractivity contribution >= 4 is 149 Å². The first kappa shape index (κ1) is 65.1. The summed E-state index contributed by atoms with van der Waals surface area (Å²) in [6.45, 7) is 3.55. The number of nitrogens with one attached hydrogen (secondary N) is 4. The molecular weight excluding hydrogens is 1210 g/mol. The molecule has 0 aromatic heterocycles. The van der Waals surface area contributed by atoms with Crippen LogP contribution >= 0.6 is 0 Å². The van der Waals surface area contributed by atoms with Crippen molar-refractivity contribution in [2.45, 2.75) is 23.6 Å². The van der Waals surface area contributed by atoms with Gasteiger partial charge in [-0.25, -0.2) is 16.8 Å². The van der Waals surface area contributed by atoms with Crippen LogP contribution in [0.3, 0.4) is 0 Å². The Bertz CT molecular complexity index is 4350. The summed E-state index contributed by atoms with van der Waals surface area (Å²) in [4.78, 5) is 51.4. The standard InChI is InChI=1S/2C32H26N4O7S.Ca/c2*1-19-7-8-21(31(38)33-23-11-15-25(16-12-23)44(40,41)42)18-28(19)35-36-29-26-6-4-3-5-20(26)17-27(30(29)37)32(39)34-22-9-13-24(43-2)14-10-22;/h2*3-18,37H,1-2H3,(H,33,38)(H,34,39)(H,40,41,42);/q;;+2/p-2. The summed E-state index contributed by atoms with van der Waals surface area (Å²) in [6, 6.07) is 50.0. The zero-order valence-electron chi connectivity index (χ0n) is 47.6. The van der Waals surface area contributed by atoms with Crippen LogP contribution in [0.1, 0.15) is 52.6 Å². The van der Waals surface area contributed by atoms with Crippen LogP contribution in [0.25, 0.3) is 21.5 Å². The second-order valence-electron chi connectivity index (χ2n) is 19.3. The molecule has 0 aliphatic heterocycles. The maximum absolute atomic E-state index is 13.2. The fraction of sp³-hybridized carbons (Fsp3) is 0.0625. The van der Waals surface area contributed by atoms with Crippen molar-refractivity contribution < 1.29 is 64.8 Å². The number of ether oxygens (including phenoxy) is 2. The van der Waals surface area contributed by atoms with E-state index < -0.39 is 53.7 Å². The van der Waals surface area contributed by atoms with Crippen molar-refractivity contribution in [3.63, 3.8) is 0 Å². The number of aromatic hydroxyl groups is 2. The van der Waals surface area contributed by atoms with Crippen molar-refractivity contribution in [2.75, 3.05) is 35.5 Å². The van der Waals surface area contributed by atoms with Crippen LogP contribution in [0.2, 0.25) is 0 Å². The molecule has 4 amide bonds. The third kappa shape index (κ3) is 16.0. The average Bonchev–Trinajstić information content (AvgIpc) is 1.36. The minimum absolute atomic E-state index is 0. The number of hydrogen-bond acceptors (Lipinski definition) is 18. The second-order valence-corrected chi connectivity index (χ2v) is 22.1. The third-order valence-electron chi connectivity index (χ3n) is 13.4. The summed E-state index contributed by atoms with van der Waals surface area (Å²) in [5.41, 5.74) is 4.22. The Balaban J connectivity index is 0.000000228. The molecule has 0 bridgehead atoms. The molecule has 0 saturated heterocycles. The van der Waals surface area contributed by atoms with Gasteiger partial charge in [-0.2, -0.15) is 10.2 Å². The summed E-state index contributed by atoms with van der Waals surface area (Å²) in [6.07, 6.45) is 0. The number of phenolic OH excluding ortho intramolecular Hbond substituents is 2. The van der Waals surface area contributed by atoms with Crippen molar-refractivity contribution in [2.24, 2.45) is 20.5 Å². The van der Waals surface area contributed by atoms with Gasteiger partial charge in [-0.3, -0.25) is 19.2 Å². The van der Waals surface area contributed by atoms with Gasteiger partial charge in [-0.1, -0.05) is 60.7 Å². The second kappa shape index (κ2) is 28.3. The minimum atomic E-state index is -4.61. The molecular formula is C64H50CaN8O14S2. The largest absolute Gasteiger partial charge is 2.00 e. The van der Waals surface area contributed by atoms with Gasteiger partial charge >= 0.3 is 37.7 Å². The van der Waals surface area contributed by atoms with E-state index in [0.29, 0.717) is 66.9 Å². The number of aryl methyl sites for hydroxylation is 2. The SMILES string of the molecule is COc1ccc(NC(=O)c2cc3ccccc3c(N=Nc3cc(C(=O)Nc4ccc(S(=O)(=O)[O-])cc4)ccc3C)c2O)cc1.COc1ccc(NC(=O)c2cc3ccccc3c(N=Nc3cc(C(=O)Nc4ccc(S(=O)(=O)[O-])cc4)ccc3C)c2O)cc1.[Ca+2]. The molecule has 0 fully saturated rings. The molecule has 0 atom stereocenters. The number of carbonyl (C=O) groups is 4. The molecule has 0 saturated carbocycles. The minimum Gasteiger partial charge on any atom is -0.744 e. The van der Waals surface area contributed by atoms with Gasteiger partial charge < -0.3 is 50.1 Å². The maximum Gasteiger partial charge on any atom is 2.00 e. The number of phenols is 2. The number of benzene rings is 10. The molecule has 22 nitrogen and oxygen atoms in total. The van der Waals surface area contributed by atoms with Gasteiger partial charge in [0.25, 0.3) is 23.6 Å². The number of nitrogens with zero attached hydrogens (tertiary/aromatic N) is 4. The first-order valence-electron chi connectivity index (χ1n) is 26.3. The number of carbonyl (C=O) groups excluding carboxylic acids is 4. The van der Waals surface area contributed by atoms with Crippen LogP contribution < -0.4 is 30.7 Å². The molecule has 0 radical (unpaired) electrons. The molecule has 0 aliphatic carbocycles. The first-order valence-corrected chi connectivity index (χ1v) is 29.1. The predicted molar refractivity (Wildman–Crippen MR) is 334 cm³/mol. The summed E-state index contributed by atoms with van der Waals surface area (Å²) in [7, 11) is -6.14. The van der Waals surface area contributed by atoms with Gasteiger partial charge in [0, 0.05) is 44.6 Å². The number of fused-ring (bicyclic) bond motifs is 2. The zero-order valence-corrected chi connectivity index (χ0v) is 51.4. The van der Waals surface area contributed by atoms with E-state index >= 15 is 0 Å². The Kier molecular flexibility index (Phi) is 20.7. The summed E-state index contributed by atoms with van der Waals surface area (Å²) >= 11 is 0. The molecule has 10 rings (SSSR count). The molecule has 25 heteroatoms. The quantitative estimate of drug-likeness (QED) is 0.0298. The monoisotopic (exact) mass is 1260 g/mol. The third-order valence-corrected chi connectivity index (χ3v) is 15.1. The van der Waals surface area contributed by atoms with Gasteiger partial charge in [0.1, 0.15) is 43.1 Å². The van der Waals surface area contributed by atoms with Gasteiger partial charge in [0.15, 0.2) is 11.5 Å². The number of anilines is 4. The normalized spacial score (nSPS) is 11.3. The molecule has 6 N–H and O–H groups in total. The van der Waals surface area contributed by atoms with Crippen LogP contribution in [0, 0.1) is 13.8 Å². The molecule has 10 aromatic rings. The van der Waals surface area contributed by atoms with E-state index in [1.54, 1.807) is 162 Å². The van der Waals surface area contributed by atoms with Crippen LogP contribution in [-0.2, 0) is 20.2 Å². The fourth-order valence-corrected chi connectivity index (χ4v) is 9.61. The van der Waals surface area contributed by atoms with Crippen LogP contribution in [0.5, 0.6) is 23.0 Å². The Morgan fingerprint density at radius 2 is 0.730 bits per heavy atom. The van der Waals surface area contributed by atoms with Crippen molar-refractivity contribution in [1.82, 2.24) is 0 Å². The van der Waals surface area contributed by atoms with E-state index in [-0.39, 0.29) is 94.2 Å². The Morgan fingerprint density at radius 3 is 1.06 bits per heavy atom. The Labute approximate surface area is 539 Å². The van der Waals surface area contributed by atoms with E-state index in [0.717, 1.165) is 24.3 Å². The maximum atomic E-state index is 13.2. The number of hydrogen-bond donors (Lipinski definition) is 6. The van der Waals surface area contributed by atoms with Crippen LogP contribution in [0.4, 0.5) is 45.5 Å².